The highest BCUT2D eigenvalue weighted by molar-refractivity contribution is 5.86. The van der Waals surface area contributed by atoms with E-state index in [-0.39, 0.29) is 0 Å². The van der Waals surface area contributed by atoms with Crippen molar-refractivity contribution in [1.82, 2.24) is 20.2 Å². The Morgan fingerprint density at radius 2 is 2.14 bits per heavy atom. The summed E-state index contributed by atoms with van der Waals surface area (Å²) in [6.45, 7) is 0. The second-order valence-electron chi connectivity index (χ2n) is 4.19. The van der Waals surface area contributed by atoms with Gasteiger partial charge in [-0.3, -0.25) is 15.5 Å². The van der Waals surface area contributed by atoms with Crippen LogP contribution >= 0.6 is 0 Å². The summed E-state index contributed by atoms with van der Waals surface area (Å²) in [6.07, 6.45) is 3.19. The van der Waals surface area contributed by atoms with E-state index in [1.807, 2.05) is 24.3 Å². The van der Waals surface area contributed by atoms with E-state index in [0.29, 0.717) is 16.9 Å². The number of rotatable bonds is 4. The van der Waals surface area contributed by atoms with Gasteiger partial charge in [0.1, 0.15) is 11.6 Å². The Hall–Kier alpha value is -3.16. The second kappa shape index (κ2) is 5.45. The van der Waals surface area contributed by atoms with Crippen molar-refractivity contribution in [2.75, 3.05) is 12.5 Å². The van der Waals surface area contributed by atoms with Crippen LogP contribution < -0.4 is 15.9 Å². The van der Waals surface area contributed by atoms with Crippen LogP contribution in [0.4, 0.5) is 5.82 Å². The smallest absolute Gasteiger partial charge is 0.348 e. The Kier molecular flexibility index (Phi) is 3.34. The van der Waals surface area contributed by atoms with Gasteiger partial charge in [-0.25, -0.2) is 4.79 Å². The monoisotopic (exact) mass is 284 g/mol. The first-order valence-corrected chi connectivity index (χ1v) is 6.13. The van der Waals surface area contributed by atoms with Crippen LogP contribution in [0.2, 0.25) is 0 Å². The standard InChI is InChI=1S/C13H12N6O2/c1-21-9-4-2-8(3-5-9)6-14-18-11-10-7-15-19-12(10)17-13(20)16-11/h2-7H,1H3,(H3,15,16,17,18,19,20)/b14-6+. The maximum atomic E-state index is 11.4. The third kappa shape index (κ3) is 2.73. The molecule has 0 radical (unpaired) electrons. The third-order valence-electron chi connectivity index (χ3n) is 2.84. The third-order valence-corrected chi connectivity index (χ3v) is 2.84. The molecule has 0 atom stereocenters. The SMILES string of the molecule is COc1ccc(/C=N/Nc2[nH]c(=O)nc3[nH]ncc23)cc1. The molecule has 2 aromatic heterocycles. The molecule has 0 aliphatic heterocycles. The van der Waals surface area contributed by atoms with Crippen molar-refractivity contribution >= 4 is 23.1 Å². The van der Waals surface area contributed by atoms with Crippen molar-refractivity contribution in [2.45, 2.75) is 0 Å². The molecular weight excluding hydrogens is 272 g/mol. The minimum absolute atomic E-state index is 0.404. The molecule has 106 valence electrons. The molecule has 0 fully saturated rings. The van der Waals surface area contributed by atoms with Gasteiger partial charge in [0.25, 0.3) is 0 Å². The summed E-state index contributed by atoms with van der Waals surface area (Å²) in [5, 5.41) is 11.2. The fourth-order valence-corrected chi connectivity index (χ4v) is 1.80. The van der Waals surface area contributed by atoms with Gasteiger partial charge in [0.05, 0.1) is 24.9 Å². The first-order chi connectivity index (χ1) is 10.3. The molecule has 0 spiro atoms. The van der Waals surface area contributed by atoms with Crippen LogP contribution in [0.15, 0.2) is 40.4 Å². The van der Waals surface area contributed by atoms with Crippen LogP contribution in [0.25, 0.3) is 11.0 Å². The number of H-pyrrole nitrogens is 2. The lowest BCUT2D eigenvalue weighted by Gasteiger charge is -2.01. The topological polar surface area (TPSA) is 108 Å². The fourth-order valence-electron chi connectivity index (χ4n) is 1.80. The van der Waals surface area contributed by atoms with Crippen LogP contribution in [0, 0.1) is 0 Å². The highest BCUT2D eigenvalue weighted by Crippen LogP contribution is 2.14. The van der Waals surface area contributed by atoms with E-state index in [2.05, 4.69) is 30.7 Å². The average Bonchev–Trinajstić information content (AvgIpc) is 2.96. The van der Waals surface area contributed by atoms with Crippen molar-refractivity contribution < 1.29 is 4.74 Å². The van der Waals surface area contributed by atoms with E-state index in [0.717, 1.165) is 11.3 Å². The number of hydrazone groups is 1. The van der Waals surface area contributed by atoms with Gasteiger partial charge in [-0.05, 0) is 29.8 Å². The van der Waals surface area contributed by atoms with Gasteiger partial charge in [0.15, 0.2) is 5.65 Å². The number of nitrogens with one attached hydrogen (secondary N) is 3. The maximum Gasteiger partial charge on any atom is 0.348 e. The number of hydrogen-bond donors (Lipinski definition) is 3. The molecule has 0 amide bonds. The number of methoxy groups -OCH3 is 1. The summed E-state index contributed by atoms with van der Waals surface area (Å²) in [5.41, 5.74) is 3.59. The van der Waals surface area contributed by atoms with Gasteiger partial charge in [-0.2, -0.15) is 15.2 Å². The Bertz CT molecular complexity index is 834. The van der Waals surface area contributed by atoms with Gasteiger partial charge in [-0.1, -0.05) is 0 Å². The van der Waals surface area contributed by atoms with Crippen molar-refractivity contribution in [3.63, 3.8) is 0 Å². The molecule has 0 aliphatic rings. The van der Waals surface area contributed by atoms with Crippen LogP contribution in [-0.2, 0) is 0 Å². The number of hydrogen-bond acceptors (Lipinski definition) is 6. The minimum atomic E-state index is -0.478. The van der Waals surface area contributed by atoms with E-state index in [1.165, 1.54) is 0 Å². The van der Waals surface area contributed by atoms with Crippen LogP contribution in [0.5, 0.6) is 5.75 Å². The molecule has 0 bridgehead atoms. The van der Waals surface area contributed by atoms with Crippen molar-refractivity contribution in [2.24, 2.45) is 5.10 Å². The number of aromatic nitrogens is 4. The van der Waals surface area contributed by atoms with Crippen LogP contribution in [-0.4, -0.2) is 33.5 Å². The number of nitrogens with zero attached hydrogens (tertiary/aromatic N) is 3. The summed E-state index contributed by atoms with van der Waals surface area (Å²) < 4.78 is 5.08. The molecule has 1 aromatic carbocycles. The Labute approximate surface area is 118 Å². The van der Waals surface area contributed by atoms with Crippen LogP contribution in [0.1, 0.15) is 5.56 Å². The van der Waals surface area contributed by atoms with Gasteiger partial charge >= 0.3 is 5.69 Å². The zero-order valence-corrected chi connectivity index (χ0v) is 11.1. The number of fused-ring (bicyclic) bond motifs is 1. The lowest BCUT2D eigenvalue weighted by atomic mass is 10.2. The molecule has 8 heteroatoms. The fraction of sp³-hybridized carbons (Fsp3) is 0.0769. The molecule has 8 nitrogen and oxygen atoms in total. The van der Waals surface area contributed by atoms with E-state index in [9.17, 15) is 4.79 Å². The number of benzene rings is 1. The Morgan fingerprint density at radius 1 is 1.33 bits per heavy atom. The lowest BCUT2D eigenvalue weighted by Crippen LogP contribution is -2.12. The quantitative estimate of drug-likeness (QED) is 0.491. The van der Waals surface area contributed by atoms with Crippen molar-refractivity contribution in [3.05, 3.63) is 46.5 Å². The highest BCUT2D eigenvalue weighted by Gasteiger charge is 2.05. The summed E-state index contributed by atoms with van der Waals surface area (Å²) in [4.78, 5) is 17.7. The predicted octanol–water partition coefficient (Wildman–Crippen LogP) is 1.10. The summed E-state index contributed by atoms with van der Waals surface area (Å²) in [7, 11) is 1.61. The number of anilines is 1. The van der Waals surface area contributed by atoms with Crippen molar-refractivity contribution in [3.8, 4) is 5.75 Å². The maximum absolute atomic E-state index is 11.4. The second-order valence-corrected chi connectivity index (χ2v) is 4.19. The lowest BCUT2D eigenvalue weighted by molar-refractivity contribution is 0.415. The number of aromatic amines is 2. The van der Waals surface area contributed by atoms with E-state index in [4.69, 9.17) is 4.74 Å². The van der Waals surface area contributed by atoms with Gasteiger partial charge < -0.3 is 4.74 Å². The molecule has 3 N–H and O–H groups in total. The average molecular weight is 284 g/mol. The van der Waals surface area contributed by atoms with Gasteiger partial charge in [-0.15, -0.1) is 0 Å². The summed E-state index contributed by atoms with van der Waals surface area (Å²) in [6, 6.07) is 7.41. The van der Waals surface area contributed by atoms with E-state index in [1.54, 1.807) is 19.5 Å². The van der Waals surface area contributed by atoms with Crippen LogP contribution in [0.3, 0.4) is 0 Å². The van der Waals surface area contributed by atoms with Crippen molar-refractivity contribution in [1.29, 1.82) is 0 Å². The van der Waals surface area contributed by atoms with Gasteiger partial charge in [0.2, 0.25) is 0 Å². The molecule has 3 aromatic rings. The molecule has 2 heterocycles. The molecule has 3 rings (SSSR count). The summed E-state index contributed by atoms with van der Waals surface area (Å²) >= 11 is 0. The zero-order chi connectivity index (χ0) is 14.7. The minimum Gasteiger partial charge on any atom is -0.497 e. The van der Waals surface area contributed by atoms with Gasteiger partial charge in [0, 0.05) is 0 Å². The summed E-state index contributed by atoms with van der Waals surface area (Å²) in [5.74, 6) is 1.21. The molecule has 0 aliphatic carbocycles. The molecular formula is C13H12N6O2. The normalized spacial score (nSPS) is 11.1. The Morgan fingerprint density at radius 3 is 2.90 bits per heavy atom. The molecule has 21 heavy (non-hydrogen) atoms. The Balaban J connectivity index is 1.80. The number of ether oxygens (including phenoxy) is 1. The highest BCUT2D eigenvalue weighted by atomic mass is 16.5. The first kappa shape index (κ1) is 12.9. The molecule has 0 unspecified atom stereocenters. The first-order valence-electron chi connectivity index (χ1n) is 6.13. The largest absolute Gasteiger partial charge is 0.497 e. The van der Waals surface area contributed by atoms with E-state index >= 15 is 0 Å². The predicted molar refractivity (Wildman–Crippen MR) is 78.7 cm³/mol. The zero-order valence-electron chi connectivity index (χ0n) is 11.1. The molecule has 0 saturated carbocycles. The van der Waals surface area contributed by atoms with E-state index < -0.39 is 5.69 Å². The molecule has 0 saturated heterocycles.